The van der Waals surface area contributed by atoms with Crippen LogP contribution in [-0.4, -0.2) is 38.4 Å². The highest BCUT2D eigenvalue weighted by atomic mass is 35.5. The highest BCUT2D eigenvalue weighted by Crippen LogP contribution is 2.25. The Hall–Kier alpha value is -1.99. The first kappa shape index (κ1) is 18.8. The molecule has 2 aromatic rings. The molecule has 1 amide bonds. The molecule has 26 heavy (non-hydrogen) atoms. The molecular formula is C18H21ClN4O2S. The van der Waals surface area contributed by atoms with Crippen LogP contribution in [0.3, 0.4) is 0 Å². The maximum Gasteiger partial charge on any atom is 0.236 e. The summed E-state index contributed by atoms with van der Waals surface area (Å²) in [4.78, 5) is 14.1. The summed E-state index contributed by atoms with van der Waals surface area (Å²) in [6.07, 6.45) is 5.28. The SMILES string of the molecule is CN(C(=O)CSc1nnc(COc2ccccc2Cl)n1C)C1=CCCC1. The van der Waals surface area contributed by atoms with Crippen molar-refractivity contribution in [1.29, 1.82) is 0 Å². The van der Waals surface area contributed by atoms with Crippen molar-refractivity contribution in [3.8, 4) is 5.75 Å². The molecule has 0 saturated carbocycles. The monoisotopic (exact) mass is 392 g/mol. The predicted molar refractivity (Wildman–Crippen MR) is 102 cm³/mol. The molecule has 0 radical (unpaired) electrons. The number of hydrogen-bond acceptors (Lipinski definition) is 5. The van der Waals surface area contributed by atoms with Gasteiger partial charge in [0, 0.05) is 19.8 Å². The number of carbonyl (C=O) groups excluding carboxylic acids is 1. The van der Waals surface area contributed by atoms with Crippen molar-refractivity contribution in [2.45, 2.75) is 31.0 Å². The topological polar surface area (TPSA) is 60.3 Å². The van der Waals surface area contributed by atoms with Crippen LogP contribution in [0.4, 0.5) is 0 Å². The Balaban J connectivity index is 1.55. The lowest BCUT2D eigenvalue weighted by Crippen LogP contribution is -2.27. The van der Waals surface area contributed by atoms with Crippen LogP contribution in [-0.2, 0) is 18.4 Å². The Kier molecular flexibility index (Phi) is 6.21. The molecule has 0 spiro atoms. The summed E-state index contributed by atoms with van der Waals surface area (Å²) < 4.78 is 7.54. The van der Waals surface area contributed by atoms with Gasteiger partial charge < -0.3 is 14.2 Å². The molecule has 1 aromatic heterocycles. The van der Waals surface area contributed by atoms with Gasteiger partial charge in [-0.3, -0.25) is 4.79 Å². The van der Waals surface area contributed by atoms with E-state index in [-0.39, 0.29) is 12.5 Å². The number of hydrogen-bond donors (Lipinski definition) is 0. The van der Waals surface area contributed by atoms with E-state index in [1.807, 2.05) is 30.8 Å². The molecule has 138 valence electrons. The molecular weight excluding hydrogens is 372 g/mol. The molecule has 3 rings (SSSR count). The summed E-state index contributed by atoms with van der Waals surface area (Å²) in [6.45, 7) is 0.258. The molecule has 1 heterocycles. The second kappa shape index (κ2) is 8.60. The zero-order valence-corrected chi connectivity index (χ0v) is 16.4. The number of rotatable bonds is 7. The van der Waals surface area contributed by atoms with Gasteiger partial charge in [0.05, 0.1) is 10.8 Å². The zero-order chi connectivity index (χ0) is 18.5. The quantitative estimate of drug-likeness (QED) is 0.673. The third kappa shape index (κ3) is 4.40. The summed E-state index contributed by atoms with van der Waals surface area (Å²) in [7, 11) is 3.70. The van der Waals surface area contributed by atoms with Crippen molar-refractivity contribution in [2.75, 3.05) is 12.8 Å². The molecule has 1 aliphatic rings. The van der Waals surface area contributed by atoms with Crippen molar-refractivity contribution >= 4 is 29.3 Å². The van der Waals surface area contributed by atoms with Gasteiger partial charge in [-0.15, -0.1) is 10.2 Å². The van der Waals surface area contributed by atoms with Gasteiger partial charge in [-0.25, -0.2) is 0 Å². The van der Waals surface area contributed by atoms with Crippen LogP contribution >= 0.6 is 23.4 Å². The zero-order valence-electron chi connectivity index (χ0n) is 14.8. The van der Waals surface area contributed by atoms with E-state index in [4.69, 9.17) is 16.3 Å². The molecule has 0 bridgehead atoms. The summed E-state index contributed by atoms with van der Waals surface area (Å²) >= 11 is 7.46. The van der Waals surface area contributed by atoms with E-state index in [9.17, 15) is 4.79 Å². The van der Waals surface area contributed by atoms with Crippen molar-refractivity contribution in [2.24, 2.45) is 7.05 Å². The van der Waals surface area contributed by atoms with E-state index in [2.05, 4.69) is 16.3 Å². The average molecular weight is 393 g/mol. The van der Waals surface area contributed by atoms with Crippen LogP contribution in [0.5, 0.6) is 5.75 Å². The minimum Gasteiger partial charge on any atom is -0.484 e. The molecule has 6 nitrogen and oxygen atoms in total. The maximum atomic E-state index is 12.3. The molecule has 0 N–H and O–H groups in total. The molecule has 1 aromatic carbocycles. The van der Waals surface area contributed by atoms with Gasteiger partial charge in [0.25, 0.3) is 0 Å². The first-order valence-corrected chi connectivity index (χ1v) is 9.76. The van der Waals surface area contributed by atoms with Crippen LogP contribution in [0.15, 0.2) is 41.2 Å². The smallest absolute Gasteiger partial charge is 0.236 e. The highest BCUT2D eigenvalue weighted by Gasteiger charge is 2.18. The van der Waals surface area contributed by atoms with Crippen molar-refractivity contribution in [3.63, 3.8) is 0 Å². The van der Waals surface area contributed by atoms with Gasteiger partial charge in [-0.05, 0) is 31.4 Å². The number of allylic oxidation sites excluding steroid dienone is 2. The normalized spacial score (nSPS) is 13.6. The number of carbonyl (C=O) groups is 1. The van der Waals surface area contributed by atoms with Gasteiger partial charge >= 0.3 is 0 Å². The number of thioether (sulfide) groups is 1. The molecule has 1 aliphatic carbocycles. The summed E-state index contributed by atoms with van der Waals surface area (Å²) in [5, 5.41) is 9.55. The molecule has 0 saturated heterocycles. The third-order valence-corrected chi connectivity index (χ3v) is 5.58. The van der Waals surface area contributed by atoms with Crippen molar-refractivity contribution in [3.05, 3.63) is 46.9 Å². The number of ether oxygens (including phenoxy) is 1. The standard InChI is InChI=1S/C18H21ClN4O2S/c1-22(13-7-3-4-8-13)17(24)12-26-18-21-20-16(23(18)2)11-25-15-10-6-5-9-14(15)19/h5-7,9-10H,3-4,8,11-12H2,1-2H3. The van der Waals surface area contributed by atoms with E-state index < -0.39 is 0 Å². The number of para-hydroxylation sites is 1. The first-order chi connectivity index (χ1) is 12.6. The third-order valence-electron chi connectivity index (χ3n) is 4.27. The minimum absolute atomic E-state index is 0.0695. The Morgan fingerprint density at radius 2 is 2.19 bits per heavy atom. The van der Waals surface area contributed by atoms with E-state index in [1.165, 1.54) is 11.8 Å². The largest absolute Gasteiger partial charge is 0.484 e. The van der Waals surface area contributed by atoms with Crippen LogP contribution in [0.1, 0.15) is 25.1 Å². The summed E-state index contributed by atoms with van der Waals surface area (Å²) in [5.41, 5.74) is 1.11. The lowest BCUT2D eigenvalue weighted by Gasteiger charge is -2.18. The molecule has 0 aliphatic heterocycles. The fourth-order valence-corrected chi connectivity index (χ4v) is 3.68. The van der Waals surface area contributed by atoms with Gasteiger partial charge in [0.1, 0.15) is 12.4 Å². The van der Waals surface area contributed by atoms with Crippen LogP contribution in [0.25, 0.3) is 0 Å². The Bertz CT molecular complexity index is 821. The minimum atomic E-state index is 0.0695. The fraction of sp³-hybridized carbons (Fsp3) is 0.389. The molecule has 0 unspecified atom stereocenters. The number of aromatic nitrogens is 3. The highest BCUT2D eigenvalue weighted by molar-refractivity contribution is 7.99. The second-order valence-corrected chi connectivity index (χ2v) is 7.36. The Morgan fingerprint density at radius 1 is 1.38 bits per heavy atom. The second-order valence-electron chi connectivity index (χ2n) is 6.01. The van der Waals surface area contributed by atoms with E-state index in [0.717, 1.165) is 25.0 Å². The number of benzene rings is 1. The van der Waals surface area contributed by atoms with Crippen molar-refractivity contribution in [1.82, 2.24) is 19.7 Å². The van der Waals surface area contributed by atoms with E-state index in [0.29, 0.717) is 27.5 Å². The Labute approximate surface area is 162 Å². The number of nitrogens with zero attached hydrogens (tertiary/aromatic N) is 4. The predicted octanol–water partition coefficient (Wildman–Crippen LogP) is 3.67. The number of amides is 1. The van der Waals surface area contributed by atoms with Crippen LogP contribution in [0, 0.1) is 0 Å². The summed E-state index contributed by atoms with van der Waals surface area (Å²) in [6, 6.07) is 7.29. The van der Waals surface area contributed by atoms with E-state index >= 15 is 0 Å². The Morgan fingerprint density at radius 3 is 2.92 bits per heavy atom. The van der Waals surface area contributed by atoms with Gasteiger partial charge in [-0.2, -0.15) is 0 Å². The lowest BCUT2D eigenvalue weighted by atomic mass is 10.3. The first-order valence-electron chi connectivity index (χ1n) is 8.40. The van der Waals surface area contributed by atoms with Crippen LogP contribution in [0.2, 0.25) is 5.02 Å². The average Bonchev–Trinajstić information content (AvgIpc) is 3.29. The van der Waals surface area contributed by atoms with Gasteiger partial charge in [0.15, 0.2) is 11.0 Å². The lowest BCUT2D eigenvalue weighted by molar-refractivity contribution is -0.125. The van der Waals surface area contributed by atoms with E-state index in [1.54, 1.807) is 17.0 Å². The molecule has 8 heteroatoms. The van der Waals surface area contributed by atoms with Crippen molar-refractivity contribution < 1.29 is 9.53 Å². The van der Waals surface area contributed by atoms with Crippen LogP contribution < -0.4 is 4.74 Å². The number of halogens is 1. The summed E-state index contributed by atoms with van der Waals surface area (Å²) in [5.74, 6) is 1.67. The van der Waals surface area contributed by atoms with Gasteiger partial charge in [0.2, 0.25) is 5.91 Å². The maximum absolute atomic E-state index is 12.3. The van der Waals surface area contributed by atoms with Gasteiger partial charge in [-0.1, -0.05) is 41.6 Å². The fourth-order valence-electron chi connectivity index (χ4n) is 2.64. The molecule has 0 fully saturated rings. The molecule has 0 atom stereocenters.